The van der Waals surface area contributed by atoms with Gasteiger partial charge in [-0.15, -0.1) is 0 Å². The lowest BCUT2D eigenvalue weighted by Gasteiger charge is -2.09. The molecule has 0 bridgehead atoms. The van der Waals surface area contributed by atoms with Crippen LogP contribution in [0.25, 0.3) is 11.0 Å². The van der Waals surface area contributed by atoms with Crippen LogP contribution in [0.15, 0.2) is 53.1 Å². The highest BCUT2D eigenvalue weighted by atomic mass is 16.5. The monoisotopic (exact) mass is 376 g/mol. The molecular formula is C21H20N4O3. The van der Waals surface area contributed by atoms with E-state index >= 15 is 0 Å². The molecule has 7 heteroatoms. The van der Waals surface area contributed by atoms with E-state index in [0.29, 0.717) is 17.3 Å². The zero-order valence-electron chi connectivity index (χ0n) is 15.9. The van der Waals surface area contributed by atoms with Crippen molar-refractivity contribution in [2.45, 2.75) is 20.5 Å². The van der Waals surface area contributed by atoms with E-state index in [-0.39, 0.29) is 12.3 Å². The van der Waals surface area contributed by atoms with Crippen LogP contribution in [0, 0.1) is 13.8 Å². The van der Waals surface area contributed by atoms with Crippen molar-refractivity contribution in [3.8, 4) is 5.75 Å². The Morgan fingerprint density at radius 1 is 1.14 bits per heavy atom. The van der Waals surface area contributed by atoms with Gasteiger partial charge >= 0.3 is 0 Å². The second kappa shape index (κ2) is 7.19. The number of fused-ring (bicyclic) bond motifs is 1. The lowest BCUT2D eigenvalue weighted by Crippen LogP contribution is -2.17. The molecule has 7 nitrogen and oxygen atoms in total. The van der Waals surface area contributed by atoms with Gasteiger partial charge in [-0.1, -0.05) is 35.5 Å². The van der Waals surface area contributed by atoms with Gasteiger partial charge in [0.25, 0.3) is 5.91 Å². The molecule has 0 saturated heterocycles. The number of imidazole rings is 1. The van der Waals surface area contributed by atoms with Crippen LogP contribution in [0.4, 0.5) is 5.95 Å². The van der Waals surface area contributed by atoms with Crippen LogP contribution in [0.1, 0.15) is 27.4 Å². The third-order valence-electron chi connectivity index (χ3n) is 4.68. The molecule has 0 spiro atoms. The Balaban J connectivity index is 1.56. The summed E-state index contributed by atoms with van der Waals surface area (Å²) in [5.41, 5.74) is 3.55. The maximum atomic E-state index is 12.8. The summed E-state index contributed by atoms with van der Waals surface area (Å²) in [6.07, 6.45) is 0. The highest BCUT2D eigenvalue weighted by molar-refractivity contribution is 6.03. The third kappa shape index (κ3) is 3.22. The number of ether oxygens (including phenoxy) is 1. The number of nitrogens with one attached hydrogen (secondary N) is 1. The zero-order chi connectivity index (χ0) is 19.7. The van der Waals surface area contributed by atoms with E-state index in [4.69, 9.17) is 9.26 Å². The van der Waals surface area contributed by atoms with Crippen molar-refractivity contribution >= 4 is 22.9 Å². The summed E-state index contributed by atoms with van der Waals surface area (Å²) in [6, 6.07) is 15.4. The molecule has 0 aliphatic carbocycles. The summed E-state index contributed by atoms with van der Waals surface area (Å²) in [7, 11) is 1.85. The van der Waals surface area contributed by atoms with Gasteiger partial charge in [0.15, 0.2) is 5.69 Å². The van der Waals surface area contributed by atoms with Crippen molar-refractivity contribution in [1.82, 2.24) is 14.7 Å². The number of para-hydroxylation sites is 3. The van der Waals surface area contributed by atoms with E-state index in [9.17, 15) is 4.79 Å². The fourth-order valence-corrected chi connectivity index (χ4v) is 3.03. The third-order valence-corrected chi connectivity index (χ3v) is 4.68. The largest absolute Gasteiger partial charge is 0.488 e. The lowest BCUT2D eigenvalue weighted by molar-refractivity contribution is 0.101. The summed E-state index contributed by atoms with van der Waals surface area (Å²) < 4.78 is 12.9. The fraction of sp³-hybridized carbons (Fsp3) is 0.190. The second-order valence-corrected chi connectivity index (χ2v) is 6.56. The summed E-state index contributed by atoms with van der Waals surface area (Å²) in [4.78, 5) is 17.3. The van der Waals surface area contributed by atoms with Crippen molar-refractivity contribution in [3.05, 3.63) is 71.1 Å². The van der Waals surface area contributed by atoms with Crippen LogP contribution in [-0.2, 0) is 13.7 Å². The average molecular weight is 376 g/mol. The summed E-state index contributed by atoms with van der Waals surface area (Å²) in [5.74, 6) is 1.35. The van der Waals surface area contributed by atoms with Gasteiger partial charge < -0.3 is 13.8 Å². The highest BCUT2D eigenvalue weighted by Gasteiger charge is 2.22. The van der Waals surface area contributed by atoms with Crippen LogP contribution < -0.4 is 10.1 Å². The van der Waals surface area contributed by atoms with Gasteiger partial charge in [0.1, 0.15) is 18.1 Å². The minimum absolute atomic E-state index is 0.186. The molecule has 4 rings (SSSR count). The van der Waals surface area contributed by atoms with Gasteiger partial charge in [-0.25, -0.2) is 4.98 Å². The van der Waals surface area contributed by atoms with E-state index in [1.807, 2.05) is 67.1 Å². The van der Waals surface area contributed by atoms with Crippen molar-refractivity contribution in [2.24, 2.45) is 7.05 Å². The van der Waals surface area contributed by atoms with Crippen LogP contribution in [0.2, 0.25) is 0 Å². The van der Waals surface area contributed by atoms with Crippen LogP contribution in [0.3, 0.4) is 0 Å². The molecule has 2 aromatic heterocycles. The molecule has 0 aliphatic heterocycles. The minimum atomic E-state index is -0.390. The minimum Gasteiger partial charge on any atom is -0.488 e. The van der Waals surface area contributed by atoms with E-state index in [1.165, 1.54) is 0 Å². The standard InChI is InChI=1S/C21H20N4O3/c1-13-8-4-7-11-18(13)27-12-15-14(2)28-24-19(15)20(26)23-21-22-16-9-5-6-10-17(16)25(21)3/h4-11H,12H2,1-3H3,(H,22,23,26). The number of carbonyl (C=O) groups excluding carboxylic acids is 1. The second-order valence-electron chi connectivity index (χ2n) is 6.56. The zero-order valence-corrected chi connectivity index (χ0v) is 15.9. The first-order valence-electron chi connectivity index (χ1n) is 8.91. The Hall–Kier alpha value is -3.61. The lowest BCUT2D eigenvalue weighted by atomic mass is 10.2. The van der Waals surface area contributed by atoms with Gasteiger partial charge in [-0.05, 0) is 37.6 Å². The van der Waals surface area contributed by atoms with E-state index < -0.39 is 5.91 Å². The molecular weight excluding hydrogens is 356 g/mol. The van der Waals surface area contributed by atoms with E-state index in [1.54, 1.807) is 6.92 Å². The molecule has 1 amide bonds. The number of nitrogens with zero attached hydrogens (tertiary/aromatic N) is 3. The smallest absolute Gasteiger partial charge is 0.280 e. The summed E-state index contributed by atoms with van der Waals surface area (Å²) >= 11 is 0. The molecule has 4 aromatic rings. The maximum absolute atomic E-state index is 12.8. The van der Waals surface area contributed by atoms with Crippen molar-refractivity contribution in [1.29, 1.82) is 0 Å². The molecule has 28 heavy (non-hydrogen) atoms. The highest BCUT2D eigenvalue weighted by Crippen LogP contribution is 2.22. The number of aryl methyl sites for hydroxylation is 3. The number of hydrogen-bond acceptors (Lipinski definition) is 5. The number of benzene rings is 2. The molecule has 0 saturated carbocycles. The molecule has 0 aliphatic rings. The number of anilines is 1. The van der Waals surface area contributed by atoms with Gasteiger partial charge in [0.2, 0.25) is 5.95 Å². The van der Waals surface area contributed by atoms with Crippen LogP contribution in [0.5, 0.6) is 5.75 Å². The first-order valence-corrected chi connectivity index (χ1v) is 8.91. The van der Waals surface area contributed by atoms with Crippen molar-refractivity contribution in [2.75, 3.05) is 5.32 Å². The summed E-state index contributed by atoms with van der Waals surface area (Å²) in [6.45, 7) is 3.91. The number of rotatable bonds is 5. The number of amides is 1. The molecule has 2 aromatic carbocycles. The normalized spacial score (nSPS) is 11.0. The Bertz CT molecular complexity index is 1160. The molecule has 0 atom stereocenters. The number of carbonyl (C=O) groups is 1. The molecule has 0 fully saturated rings. The molecule has 0 radical (unpaired) electrons. The maximum Gasteiger partial charge on any atom is 0.280 e. The molecule has 1 N–H and O–H groups in total. The Labute approximate surface area is 161 Å². The van der Waals surface area contributed by atoms with Gasteiger partial charge in [0.05, 0.1) is 16.6 Å². The topological polar surface area (TPSA) is 82.2 Å². The van der Waals surface area contributed by atoms with E-state index in [0.717, 1.165) is 22.3 Å². The van der Waals surface area contributed by atoms with E-state index in [2.05, 4.69) is 15.5 Å². The van der Waals surface area contributed by atoms with Crippen molar-refractivity contribution in [3.63, 3.8) is 0 Å². The van der Waals surface area contributed by atoms with Crippen molar-refractivity contribution < 1.29 is 14.1 Å². The molecule has 142 valence electrons. The Morgan fingerprint density at radius 2 is 1.89 bits per heavy atom. The molecule has 0 unspecified atom stereocenters. The van der Waals surface area contributed by atoms with Crippen LogP contribution in [-0.4, -0.2) is 20.6 Å². The SMILES string of the molecule is Cc1ccccc1OCc1c(C(=O)Nc2nc3ccccc3n2C)noc1C. The average Bonchev–Trinajstić information content (AvgIpc) is 3.21. The van der Waals surface area contributed by atoms with Gasteiger partial charge in [-0.3, -0.25) is 10.1 Å². The first kappa shape index (κ1) is 17.8. The van der Waals surface area contributed by atoms with Gasteiger partial charge in [0, 0.05) is 7.05 Å². The predicted octanol–water partition coefficient (Wildman–Crippen LogP) is 4.01. The first-order chi connectivity index (χ1) is 13.5. The molecule has 2 heterocycles. The Kier molecular flexibility index (Phi) is 4.57. The Morgan fingerprint density at radius 3 is 2.68 bits per heavy atom. The van der Waals surface area contributed by atoms with Gasteiger partial charge in [-0.2, -0.15) is 0 Å². The predicted molar refractivity (Wildman–Crippen MR) is 105 cm³/mol. The summed E-state index contributed by atoms with van der Waals surface area (Å²) in [5, 5.41) is 6.74. The quantitative estimate of drug-likeness (QED) is 0.569. The number of aromatic nitrogens is 3. The number of hydrogen-bond donors (Lipinski definition) is 1. The van der Waals surface area contributed by atoms with Crippen LogP contribution >= 0.6 is 0 Å². The fourth-order valence-electron chi connectivity index (χ4n) is 3.03.